The van der Waals surface area contributed by atoms with Gasteiger partial charge in [0.25, 0.3) is 0 Å². The molecule has 23 heavy (non-hydrogen) atoms. The SMILES string of the molecule is CN(N)c1cccc(C2CC2)c1/C=C/c1ccco1.NNC=O. The van der Waals surface area contributed by atoms with Gasteiger partial charge in [-0.15, -0.1) is 0 Å². The lowest BCUT2D eigenvalue weighted by molar-refractivity contribution is -0.109. The van der Waals surface area contributed by atoms with Crippen LogP contribution < -0.4 is 22.1 Å². The fraction of sp³-hybridized carbons (Fsp3) is 0.235. The summed E-state index contributed by atoms with van der Waals surface area (Å²) >= 11 is 0. The van der Waals surface area contributed by atoms with E-state index < -0.39 is 0 Å². The lowest BCUT2D eigenvalue weighted by atomic mass is 10.0. The van der Waals surface area contributed by atoms with Gasteiger partial charge in [-0.1, -0.05) is 12.1 Å². The second-order valence-corrected chi connectivity index (χ2v) is 5.30. The third-order valence-corrected chi connectivity index (χ3v) is 3.54. The van der Waals surface area contributed by atoms with Gasteiger partial charge in [0.15, 0.2) is 0 Å². The normalized spacial score (nSPS) is 13.3. The number of hydrogen-bond donors (Lipinski definition) is 3. The molecule has 1 aromatic heterocycles. The number of rotatable bonds is 5. The molecule has 1 aliphatic rings. The molecule has 1 fully saturated rings. The molecular formula is C17H22N4O2. The first kappa shape index (κ1) is 16.8. The van der Waals surface area contributed by atoms with E-state index in [0.717, 1.165) is 11.4 Å². The van der Waals surface area contributed by atoms with Gasteiger partial charge in [-0.2, -0.15) is 0 Å². The van der Waals surface area contributed by atoms with E-state index in [1.807, 2.05) is 31.3 Å². The van der Waals surface area contributed by atoms with Crippen molar-refractivity contribution >= 4 is 24.2 Å². The topological polar surface area (TPSA) is 97.5 Å². The van der Waals surface area contributed by atoms with Gasteiger partial charge < -0.3 is 9.43 Å². The van der Waals surface area contributed by atoms with E-state index in [1.54, 1.807) is 16.7 Å². The number of anilines is 1. The first-order valence-electron chi connectivity index (χ1n) is 7.40. The van der Waals surface area contributed by atoms with E-state index in [1.165, 1.54) is 24.0 Å². The highest BCUT2D eigenvalue weighted by Gasteiger charge is 2.26. The van der Waals surface area contributed by atoms with E-state index in [0.29, 0.717) is 12.3 Å². The Bertz CT molecular complexity index is 626. The van der Waals surface area contributed by atoms with Crippen molar-refractivity contribution in [3.8, 4) is 0 Å². The summed E-state index contributed by atoms with van der Waals surface area (Å²) in [5.74, 6) is 11.9. The minimum atomic E-state index is 0.403. The summed E-state index contributed by atoms with van der Waals surface area (Å²) in [7, 11) is 1.87. The van der Waals surface area contributed by atoms with Crippen LogP contribution in [0.15, 0.2) is 41.0 Å². The number of nitrogens with zero attached hydrogens (tertiary/aromatic N) is 1. The molecule has 122 valence electrons. The Kier molecular flexibility index (Phi) is 5.96. The molecule has 6 heteroatoms. The maximum Gasteiger partial charge on any atom is 0.221 e. The summed E-state index contributed by atoms with van der Waals surface area (Å²) < 4.78 is 5.34. The summed E-state index contributed by atoms with van der Waals surface area (Å²) in [5.41, 5.74) is 5.39. The highest BCUT2D eigenvalue weighted by molar-refractivity contribution is 5.78. The van der Waals surface area contributed by atoms with E-state index in [9.17, 15) is 0 Å². The fourth-order valence-electron chi connectivity index (χ4n) is 2.36. The zero-order valence-corrected chi connectivity index (χ0v) is 13.1. The Morgan fingerprint density at radius 3 is 2.52 bits per heavy atom. The Balaban J connectivity index is 0.000000433. The van der Waals surface area contributed by atoms with Crippen LogP contribution in [0.25, 0.3) is 12.2 Å². The molecule has 0 atom stereocenters. The second kappa shape index (κ2) is 8.17. The number of carbonyl (C=O) groups is 1. The molecule has 0 unspecified atom stereocenters. The first-order chi connectivity index (χ1) is 11.2. The molecule has 0 aliphatic heterocycles. The Morgan fingerprint density at radius 1 is 1.26 bits per heavy atom. The van der Waals surface area contributed by atoms with E-state index in [4.69, 9.17) is 15.1 Å². The van der Waals surface area contributed by atoms with Crippen LogP contribution >= 0.6 is 0 Å². The number of hydrogen-bond acceptors (Lipinski definition) is 5. The Labute approximate surface area is 135 Å². The summed E-state index contributed by atoms with van der Waals surface area (Å²) in [4.78, 5) is 8.94. The summed E-state index contributed by atoms with van der Waals surface area (Å²) in [6.07, 6.45) is 8.74. The predicted molar refractivity (Wildman–Crippen MR) is 92.0 cm³/mol. The molecule has 1 amide bonds. The van der Waals surface area contributed by atoms with Crippen molar-refractivity contribution in [2.75, 3.05) is 12.1 Å². The van der Waals surface area contributed by atoms with Crippen molar-refractivity contribution in [1.82, 2.24) is 5.43 Å². The van der Waals surface area contributed by atoms with E-state index >= 15 is 0 Å². The van der Waals surface area contributed by atoms with Crippen molar-refractivity contribution < 1.29 is 9.21 Å². The maximum absolute atomic E-state index is 8.94. The largest absolute Gasteiger partial charge is 0.465 e. The van der Waals surface area contributed by atoms with Crippen LogP contribution in [0.1, 0.15) is 35.6 Å². The molecule has 0 bridgehead atoms. The summed E-state index contributed by atoms with van der Waals surface area (Å²) in [6, 6.07) is 10.2. The number of furan rings is 1. The average molecular weight is 314 g/mol. The third kappa shape index (κ3) is 4.70. The highest BCUT2D eigenvalue weighted by Crippen LogP contribution is 2.44. The summed E-state index contributed by atoms with van der Waals surface area (Å²) in [6.45, 7) is 0. The maximum atomic E-state index is 8.94. The van der Waals surface area contributed by atoms with Crippen LogP contribution in [0.3, 0.4) is 0 Å². The van der Waals surface area contributed by atoms with Crippen molar-refractivity contribution in [3.05, 3.63) is 53.5 Å². The van der Waals surface area contributed by atoms with Crippen LogP contribution in [0.2, 0.25) is 0 Å². The number of amides is 1. The first-order valence-corrected chi connectivity index (χ1v) is 7.40. The number of carbonyl (C=O) groups excluding carboxylic acids is 1. The molecule has 1 heterocycles. The van der Waals surface area contributed by atoms with Gasteiger partial charge in [-0.25, -0.2) is 11.7 Å². The van der Waals surface area contributed by atoms with Crippen molar-refractivity contribution in [2.45, 2.75) is 18.8 Å². The van der Waals surface area contributed by atoms with Gasteiger partial charge in [0, 0.05) is 12.6 Å². The van der Waals surface area contributed by atoms with Gasteiger partial charge in [-0.3, -0.25) is 10.2 Å². The molecule has 1 aliphatic carbocycles. The van der Waals surface area contributed by atoms with Crippen LogP contribution in [0.4, 0.5) is 5.69 Å². The predicted octanol–water partition coefficient (Wildman–Crippen LogP) is 2.24. The van der Waals surface area contributed by atoms with Crippen molar-refractivity contribution in [1.29, 1.82) is 0 Å². The minimum absolute atomic E-state index is 0.403. The molecule has 2 aromatic rings. The monoisotopic (exact) mass is 314 g/mol. The third-order valence-electron chi connectivity index (χ3n) is 3.54. The van der Waals surface area contributed by atoms with Crippen LogP contribution in [0.5, 0.6) is 0 Å². The van der Waals surface area contributed by atoms with Crippen LogP contribution in [0, 0.1) is 0 Å². The van der Waals surface area contributed by atoms with Crippen molar-refractivity contribution in [2.24, 2.45) is 11.7 Å². The molecular weight excluding hydrogens is 292 g/mol. The van der Waals surface area contributed by atoms with Gasteiger partial charge in [-0.05, 0) is 54.7 Å². The molecule has 6 nitrogen and oxygen atoms in total. The van der Waals surface area contributed by atoms with E-state index in [2.05, 4.69) is 24.1 Å². The second-order valence-electron chi connectivity index (χ2n) is 5.30. The number of hydrazine groups is 2. The fourth-order valence-corrected chi connectivity index (χ4v) is 2.36. The number of nitrogens with one attached hydrogen (secondary N) is 1. The van der Waals surface area contributed by atoms with Crippen LogP contribution in [-0.2, 0) is 4.79 Å². The van der Waals surface area contributed by atoms with Crippen molar-refractivity contribution in [3.63, 3.8) is 0 Å². The number of nitrogens with two attached hydrogens (primary N) is 2. The molecule has 0 radical (unpaired) electrons. The lowest BCUT2D eigenvalue weighted by Crippen LogP contribution is -2.26. The molecule has 0 spiro atoms. The zero-order chi connectivity index (χ0) is 16.7. The van der Waals surface area contributed by atoms with E-state index in [-0.39, 0.29) is 0 Å². The Morgan fingerprint density at radius 2 is 2.00 bits per heavy atom. The molecule has 0 saturated heterocycles. The molecule has 3 rings (SSSR count). The standard InChI is InChI=1S/C16H18N2O.CH4N2O/c1-18(17)16-6-2-5-14(12-7-8-12)15(16)10-9-13-4-3-11-19-13;2-3-1-4/h2-6,9-12H,7-8,17H2,1H3;1H,2H2,(H,3,4)/b10-9+;. The zero-order valence-electron chi connectivity index (χ0n) is 13.1. The van der Waals surface area contributed by atoms with Gasteiger partial charge in [0.2, 0.25) is 6.41 Å². The minimum Gasteiger partial charge on any atom is -0.465 e. The smallest absolute Gasteiger partial charge is 0.221 e. The molecule has 1 aromatic carbocycles. The lowest BCUT2D eigenvalue weighted by Gasteiger charge is -2.18. The van der Waals surface area contributed by atoms with Gasteiger partial charge >= 0.3 is 0 Å². The highest BCUT2D eigenvalue weighted by atomic mass is 16.3. The summed E-state index contributed by atoms with van der Waals surface area (Å²) in [5, 5.41) is 1.67. The Hall–Kier alpha value is -2.57. The van der Waals surface area contributed by atoms with Gasteiger partial charge in [0.05, 0.1) is 12.0 Å². The number of benzene rings is 1. The van der Waals surface area contributed by atoms with Gasteiger partial charge in [0.1, 0.15) is 5.76 Å². The molecule has 5 N–H and O–H groups in total. The average Bonchev–Trinajstić information content (AvgIpc) is 3.28. The van der Waals surface area contributed by atoms with Crippen LogP contribution in [-0.4, -0.2) is 13.5 Å². The molecule has 1 saturated carbocycles. The quantitative estimate of drug-likeness (QED) is 0.340.